The summed E-state index contributed by atoms with van der Waals surface area (Å²) in [7, 11) is 0. The predicted molar refractivity (Wildman–Crippen MR) is 86.6 cm³/mol. The van der Waals surface area contributed by atoms with Crippen LogP contribution in [-0.4, -0.2) is 9.38 Å². The minimum Gasteiger partial charge on any atom is -0.290 e. The summed E-state index contributed by atoms with van der Waals surface area (Å²) in [5.74, 6) is 0.413. The summed E-state index contributed by atoms with van der Waals surface area (Å²) < 4.78 is 2.16. The standard InChI is InChI=1S/C17H17N3S/c1-11(2)15-10-21-17-19-16(14(8-9-18)20(15)17)13-6-4-12(3)5-7-13/h4-7,10-11H,8H2,1-3H3. The Morgan fingerprint density at radius 1 is 1.29 bits per heavy atom. The van der Waals surface area contributed by atoms with Crippen molar-refractivity contribution in [3.8, 4) is 17.3 Å². The van der Waals surface area contributed by atoms with Gasteiger partial charge in [-0.05, 0) is 12.8 Å². The van der Waals surface area contributed by atoms with Crippen LogP contribution in [0.3, 0.4) is 0 Å². The first-order chi connectivity index (χ1) is 10.1. The van der Waals surface area contributed by atoms with Crippen molar-refractivity contribution in [2.75, 3.05) is 0 Å². The van der Waals surface area contributed by atoms with E-state index in [-0.39, 0.29) is 0 Å². The Kier molecular flexibility index (Phi) is 3.52. The van der Waals surface area contributed by atoms with Crippen LogP contribution in [0.1, 0.15) is 36.7 Å². The molecule has 1 aromatic carbocycles. The summed E-state index contributed by atoms with van der Waals surface area (Å²) in [5, 5.41) is 11.3. The normalized spacial score (nSPS) is 11.2. The molecule has 4 heteroatoms. The second kappa shape index (κ2) is 5.34. The molecule has 0 fully saturated rings. The fraction of sp³-hybridized carbons (Fsp3) is 0.294. The molecule has 106 valence electrons. The Morgan fingerprint density at radius 3 is 2.62 bits per heavy atom. The predicted octanol–water partition coefficient (Wildman–Crippen LogP) is 4.56. The number of nitrogens with zero attached hydrogens (tertiary/aromatic N) is 3. The summed E-state index contributed by atoms with van der Waals surface area (Å²) in [4.78, 5) is 5.74. The van der Waals surface area contributed by atoms with Crippen LogP contribution in [0.25, 0.3) is 16.2 Å². The van der Waals surface area contributed by atoms with Crippen molar-refractivity contribution in [3.63, 3.8) is 0 Å². The Bertz CT molecular complexity index is 816. The van der Waals surface area contributed by atoms with E-state index in [2.05, 4.69) is 60.9 Å². The van der Waals surface area contributed by atoms with Crippen LogP contribution in [0.4, 0.5) is 0 Å². The molecule has 0 saturated carbocycles. The molecule has 0 unspecified atom stereocenters. The van der Waals surface area contributed by atoms with Crippen molar-refractivity contribution in [2.24, 2.45) is 0 Å². The molecule has 0 aliphatic heterocycles. The molecular weight excluding hydrogens is 278 g/mol. The number of thiazole rings is 1. The van der Waals surface area contributed by atoms with Gasteiger partial charge in [0.25, 0.3) is 0 Å². The van der Waals surface area contributed by atoms with E-state index in [1.165, 1.54) is 11.3 Å². The van der Waals surface area contributed by atoms with Crippen LogP contribution in [0.15, 0.2) is 29.6 Å². The van der Waals surface area contributed by atoms with Gasteiger partial charge in [-0.25, -0.2) is 4.98 Å². The average Bonchev–Trinajstić information content (AvgIpc) is 3.00. The molecule has 0 atom stereocenters. The summed E-state index contributed by atoms with van der Waals surface area (Å²) in [5.41, 5.74) is 5.47. The number of aromatic nitrogens is 2. The van der Waals surface area contributed by atoms with Gasteiger partial charge in [0, 0.05) is 16.6 Å². The summed E-state index contributed by atoms with van der Waals surface area (Å²) in [6.45, 7) is 6.41. The van der Waals surface area contributed by atoms with Gasteiger partial charge in [0.05, 0.1) is 23.9 Å². The zero-order chi connectivity index (χ0) is 15.0. The Hall–Kier alpha value is -2.12. The summed E-state index contributed by atoms with van der Waals surface area (Å²) in [6, 6.07) is 10.6. The van der Waals surface area contributed by atoms with Gasteiger partial charge in [-0.15, -0.1) is 11.3 Å². The maximum absolute atomic E-state index is 9.19. The molecule has 0 saturated heterocycles. The number of hydrogen-bond donors (Lipinski definition) is 0. The quantitative estimate of drug-likeness (QED) is 0.710. The van der Waals surface area contributed by atoms with Gasteiger partial charge in [-0.3, -0.25) is 4.40 Å². The molecule has 3 rings (SSSR count). The summed E-state index contributed by atoms with van der Waals surface area (Å²) in [6.07, 6.45) is 0.376. The lowest BCUT2D eigenvalue weighted by atomic mass is 10.1. The Balaban J connectivity index is 2.25. The molecule has 3 nitrogen and oxygen atoms in total. The fourth-order valence-electron chi connectivity index (χ4n) is 2.52. The third-order valence-corrected chi connectivity index (χ3v) is 4.49. The van der Waals surface area contributed by atoms with Crippen LogP contribution < -0.4 is 0 Å². The fourth-order valence-corrected chi connectivity index (χ4v) is 3.59. The molecular formula is C17H17N3S. The van der Waals surface area contributed by atoms with Crippen LogP contribution >= 0.6 is 11.3 Å². The van der Waals surface area contributed by atoms with Crippen molar-refractivity contribution < 1.29 is 0 Å². The van der Waals surface area contributed by atoms with Gasteiger partial charge in [-0.2, -0.15) is 5.26 Å². The highest BCUT2D eigenvalue weighted by Gasteiger charge is 2.18. The van der Waals surface area contributed by atoms with Crippen molar-refractivity contribution in [1.29, 1.82) is 5.26 Å². The van der Waals surface area contributed by atoms with Crippen molar-refractivity contribution in [1.82, 2.24) is 9.38 Å². The average molecular weight is 295 g/mol. The van der Waals surface area contributed by atoms with Crippen molar-refractivity contribution >= 4 is 16.3 Å². The second-order valence-electron chi connectivity index (χ2n) is 5.54. The van der Waals surface area contributed by atoms with E-state index in [9.17, 15) is 5.26 Å². The molecule has 0 radical (unpaired) electrons. The van der Waals surface area contributed by atoms with Gasteiger partial charge < -0.3 is 0 Å². The lowest BCUT2D eigenvalue weighted by Gasteiger charge is -2.07. The lowest BCUT2D eigenvalue weighted by molar-refractivity contribution is 0.799. The van der Waals surface area contributed by atoms with Gasteiger partial charge >= 0.3 is 0 Å². The monoisotopic (exact) mass is 295 g/mol. The molecule has 0 spiro atoms. The molecule has 0 aliphatic carbocycles. The zero-order valence-electron chi connectivity index (χ0n) is 12.4. The number of imidazole rings is 1. The highest BCUT2D eigenvalue weighted by molar-refractivity contribution is 7.15. The minimum absolute atomic E-state index is 0.376. The molecule has 21 heavy (non-hydrogen) atoms. The first-order valence-corrected chi connectivity index (χ1v) is 7.92. The van der Waals surface area contributed by atoms with E-state index in [1.54, 1.807) is 11.3 Å². The van der Waals surface area contributed by atoms with Crippen LogP contribution in [0.5, 0.6) is 0 Å². The van der Waals surface area contributed by atoms with E-state index in [1.807, 2.05) is 0 Å². The molecule has 0 aliphatic rings. The highest BCUT2D eigenvalue weighted by atomic mass is 32.1. The number of rotatable bonds is 3. The SMILES string of the molecule is Cc1ccc(-c2nc3scc(C(C)C)n3c2CC#N)cc1. The van der Waals surface area contributed by atoms with Gasteiger partial charge in [0.2, 0.25) is 0 Å². The molecule has 2 aromatic heterocycles. The lowest BCUT2D eigenvalue weighted by Crippen LogP contribution is -1.99. The minimum atomic E-state index is 0.376. The number of benzene rings is 1. The first kappa shape index (κ1) is 13.8. The van der Waals surface area contributed by atoms with E-state index >= 15 is 0 Å². The summed E-state index contributed by atoms with van der Waals surface area (Å²) >= 11 is 1.64. The largest absolute Gasteiger partial charge is 0.290 e. The molecule has 0 bridgehead atoms. The number of nitriles is 1. The molecule has 0 N–H and O–H groups in total. The van der Waals surface area contributed by atoms with Gasteiger partial charge in [0.1, 0.15) is 0 Å². The molecule has 0 amide bonds. The van der Waals surface area contributed by atoms with Gasteiger partial charge in [-0.1, -0.05) is 43.7 Å². The topological polar surface area (TPSA) is 41.1 Å². The third kappa shape index (κ3) is 2.34. The number of hydrogen-bond acceptors (Lipinski definition) is 3. The maximum atomic E-state index is 9.19. The zero-order valence-corrected chi connectivity index (χ0v) is 13.2. The number of fused-ring (bicyclic) bond motifs is 1. The molecule has 2 heterocycles. The third-order valence-electron chi connectivity index (χ3n) is 3.65. The van der Waals surface area contributed by atoms with Gasteiger partial charge in [0.15, 0.2) is 4.96 Å². The van der Waals surface area contributed by atoms with Crippen LogP contribution in [0, 0.1) is 18.3 Å². The smallest absolute Gasteiger partial charge is 0.194 e. The van der Waals surface area contributed by atoms with Crippen molar-refractivity contribution in [2.45, 2.75) is 33.1 Å². The van der Waals surface area contributed by atoms with E-state index < -0.39 is 0 Å². The Labute approximate surface area is 128 Å². The van der Waals surface area contributed by atoms with E-state index in [4.69, 9.17) is 4.98 Å². The maximum Gasteiger partial charge on any atom is 0.194 e. The van der Waals surface area contributed by atoms with E-state index in [0.29, 0.717) is 12.3 Å². The van der Waals surface area contributed by atoms with E-state index in [0.717, 1.165) is 21.9 Å². The van der Waals surface area contributed by atoms with Crippen molar-refractivity contribution in [3.05, 3.63) is 46.6 Å². The van der Waals surface area contributed by atoms with Crippen LogP contribution in [-0.2, 0) is 6.42 Å². The first-order valence-electron chi connectivity index (χ1n) is 7.04. The number of aryl methyl sites for hydroxylation is 1. The second-order valence-corrected chi connectivity index (χ2v) is 6.38. The molecule has 3 aromatic rings. The Morgan fingerprint density at radius 2 is 2.00 bits per heavy atom. The van der Waals surface area contributed by atoms with Crippen LogP contribution in [0.2, 0.25) is 0 Å². The highest BCUT2D eigenvalue weighted by Crippen LogP contribution is 2.31.